The molecule has 6 aromatic carbocycles. The topological polar surface area (TPSA) is 38.0 Å². The van der Waals surface area contributed by atoms with E-state index in [0.717, 1.165) is 44.3 Å². The minimum absolute atomic E-state index is 0.974. The fourth-order valence-corrected chi connectivity index (χ4v) is 7.21. The van der Waals surface area contributed by atoms with Gasteiger partial charge in [0.1, 0.15) is 16.8 Å². The van der Waals surface area contributed by atoms with Crippen LogP contribution in [0.25, 0.3) is 88.0 Å². The SMILES string of the molecule is c1ccc(-n2c3ccccc3c3c(-c4ccc5c6ccccc6n6c(nc7c8ccccc8[nH]c76)c5c4)cccc32)cc1. The average molecular weight is 549 g/mol. The van der Waals surface area contributed by atoms with Crippen LogP contribution in [-0.4, -0.2) is 18.9 Å². The largest absolute Gasteiger partial charge is 0.339 e. The Hall–Kier alpha value is -5.87. The van der Waals surface area contributed by atoms with Gasteiger partial charge in [-0.15, -0.1) is 0 Å². The third kappa shape index (κ3) is 3.02. The molecule has 4 heteroatoms. The van der Waals surface area contributed by atoms with Crippen molar-refractivity contribution in [2.45, 2.75) is 0 Å². The number of pyridine rings is 1. The molecule has 0 fully saturated rings. The summed E-state index contributed by atoms with van der Waals surface area (Å²) in [6, 6.07) is 50.0. The lowest BCUT2D eigenvalue weighted by Gasteiger charge is -2.12. The predicted octanol–water partition coefficient (Wildman–Crippen LogP) is 10.0. The number of nitrogens with one attached hydrogen (secondary N) is 1. The Kier molecular flexibility index (Phi) is 4.42. The van der Waals surface area contributed by atoms with E-state index in [9.17, 15) is 0 Å². The van der Waals surface area contributed by atoms with Crippen LogP contribution in [-0.2, 0) is 0 Å². The van der Waals surface area contributed by atoms with Crippen LogP contribution in [0.2, 0.25) is 0 Å². The summed E-state index contributed by atoms with van der Waals surface area (Å²) in [5, 5.41) is 7.23. The summed E-state index contributed by atoms with van der Waals surface area (Å²) >= 11 is 0. The molecule has 0 aliphatic carbocycles. The highest BCUT2D eigenvalue weighted by molar-refractivity contribution is 6.19. The Balaban J connectivity index is 1.33. The molecular formula is C39H24N4. The van der Waals surface area contributed by atoms with E-state index in [0.29, 0.717) is 0 Å². The molecule has 10 aromatic rings. The summed E-state index contributed by atoms with van der Waals surface area (Å²) in [6.07, 6.45) is 0. The quantitative estimate of drug-likeness (QED) is 0.215. The van der Waals surface area contributed by atoms with Crippen molar-refractivity contribution in [2.75, 3.05) is 0 Å². The number of hydrogen-bond donors (Lipinski definition) is 1. The smallest absolute Gasteiger partial charge is 0.147 e. The number of aromatic amines is 1. The Morgan fingerprint density at radius 2 is 1.23 bits per heavy atom. The highest BCUT2D eigenvalue weighted by Crippen LogP contribution is 2.41. The van der Waals surface area contributed by atoms with Crippen molar-refractivity contribution in [1.82, 2.24) is 18.9 Å². The Bertz CT molecular complexity index is 2720. The molecule has 0 unspecified atom stereocenters. The van der Waals surface area contributed by atoms with Gasteiger partial charge in [0.2, 0.25) is 0 Å². The molecule has 10 rings (SSSR count). The maximum atomic E-state index is 5.30. The minimum Gasteiger partial charge on any atom is -0.339 e. The molecule has 0 amide bonds. The maximum Gasteiger partial charge on any atom is 0.147 e. The Morgan fingerprint density at radius 1 is 0.512 bits per heavy atom. The molecule has 0 saturated heterocycles. The van der Waals surface area contributed by atoms with Gasteiger partial charge in [-0.25, -0.2) is 4.98 Å². The monoisotopic (exact) mass is 548 g/mol. The first kappa shape index (κ1) is 22.8. The van der Waals surface area contributed by atoms with E-state index in [2.05, 4.69) is 153 Å². The number of nitrogens with zero attached hydrogens (tertiary/aromatic N) is 3. The fourth-order valence-electron chi connectivity index (χ4n) is 7.21. The number of para-hydroxylation sites is 4. The molecular weight excluding hydrogens is 524 g/mol. The Morgan fingerprint density at radius 3 is 2.12 bits per heavy atom. The van der Waals surface area contributed by atoms with Crippen molar-refractivity contribution in [3.05, 3.63) is 140 Å². The number of hydrogen-bond acceptors (Lipinski definition) is 1. The van der Waals surface area contributed by atoms with Gasteiger partial charge in [-0.05, 0) is 59.0 Å². The first-order valence-corrected chi connectivity index (χ1v) is 14.7. The average Bonchev–Trinajstić information content (AvgIpc) is 3.73. The van der Waals surface area contributed by atoms with Crippen molar-refractivity contribution >= 4 is 71.2 Å². The van der Waals surface area contributed by atoms with E-state index in [4.69, 9.17) is 4.98 Å². The van der Waals surface area contributed by atoms with Crippen LogP contribution in [0.5, 0.6) is 0 Å². The maximum absolute atomic E-state index is 5.30. The molecule has 0 spiro atoms. The minimum atomic E-state index is 0.974. The van der Waals surface area contributed by atoms with E-state index in [1.165, 1.54) is 43.7 Å². The lowest BCUT2D eigenvalue weighted by atomic mass is 9.96. The summed E-state index contributed by atoms with van der Waals surface area (Å²) < 4.78 is 4.68. The lowest BCUT2D eigenvalue weighted by molar-refractivity contribution is 1.18. The predicted molar refractivity (Wildman–Crippen MR) is 179 cm³/mol. The van der Waals surface area contributed by atoms with E-state index in [1.807, 2.05) is 0 Å². The van der Waals surface area contributed by atoms with Gasteiger partial charge in [0.05, 0.1) is 16.6 Å². The van der Waals surface area contributed by atoms with Crippen molar-refractivity contribution in [2.24, 2.45) is 0 Å². The number of rotatable bonds is 2. The van der Waals surface area contributed by atoms with Gasteiger partial charge in [-0.1, -0.05) is 97.1 Å². The lowest BCUT2D eigenvalue weighted by Crippen LogP contribution is -1.93. The van der Waals surface area contributed by atoms with E-state index < -0.39 is 0 Å². The Labute approximate surface area is 246 Å². The zero-order valence-electron chi connectivity index (χ0n) is 23.1. The van der Waals surface area contributed by atoms with Crippen molar-refractivity contribution in [1.29, 1.82) is 0 Å². The molecule has 1 N–H and O–H groups in total. The van der Waals surface area contributed by atoms with Crippen LogP contribution in [0, 0.1) is 0 Å². The number of benzene rings is 6. The standard InChI is InChI=1S/C39H24N4/c1-2-11-25(12-3-1)42-34-19-9-6-15-30(34)36-26(16-10-20-35(36)42)24-21-22-27-28-13-5-8-18-33(28)43-38(31(27)23-24)41-37-29-14-4-7-17-32(29)40-39(37)43/h1-23,40H. The summed E-state index contributed by atoms with van der Waals surface area (Å²) in [5.41, 5.74) is 11.3. The number of H-pyrrole nitrogens is 1. The molecule has 0 aliphatic rings. The summed E-state index contributed by atoms with van der Waals surface area (Å²) in [5.74, 6) is 0. The van der Waals surface area contributed by atoms with Gasteiger partial charge >= 0.3 is 0 Å². The van der Waals surface area contributed by atoms with Crippen molar-refractivity contribution in [3.63, 3.8) is 0 Å². The molecule has 0 aliphatic heterocycles. The van der Waals surface area contributed by atoms with Gasteiger partial charge in [-0.2, -0.15) is 0 Å². The fraction of sp³-hybridized carbons (Fsp3) is 0. The normalized spacial score (nSPS) is 12.2. The molecule has 0 saturated carbocycles. The van der Waals surface area contributed by atoms with Crippen molar-refractivity contribution < 1.29 is 0 Å². The van der Waals surface area contributed by atoms with Crippen LogP contribution in [0.15, 0.2) is 140 Å². The second kappa shape index (κ2) is 8.34. The molecule has 4 nitrogen and oxygen atoms in total. The molecule has 200 valence electrons. The number of fused-ring (bicyclic) bond motifs is 13. The molecule has 4 aromatic heterocycles. The number of imidazole rings is 1. The molecule has 0 atom stereocenters. The second-order valence-electron chi connectivity index (χ2n) is 11.3. The van der Waals surface area contributed by atoms with E-state index >= 15 is 0 Å². The molecule has 43 heavy (non-hydrogen) atoms. The van der Waals surface area contributed by atoms with Gasteiger partial charge < -0.3 is 9.55 Å². The van der Waals surface area contributed by atoms with Crippen LogP contribution < -0.4 is 0 Å². The highest BCUT2D eigenvalue weighted by Gasteiger charge is 2.19. The second-order valence-corrected chi connectivity index (χ2v) is 11.3. The number of aromatic nitrogens is 4. The molecule has 0 bridgehead atoms. The van der Waals surface area contributed by atoms with Gasteiger partial charge in [0.15, 0.2) is 0 Å². The van der Waals surface area contributed by atoms with Gasteiger partial charge in [0, 0.05) is 38.1 Å². The summed E-state index contributed by atoms with van der Waals surface area (Å²) in [7, 11) is 0. The first-order valence-electron chi connectivity index (χ1n) is 14.7. The zero-order chi connectivity index (χ0) is 28.1. The van der Waals surface area contributed by atoms with Gasteiger partial charge in [0.25, 0.3) is 0 Å². The summed E-state index contributed by atoms with van der Waals surface area (Å²) in [4.78, 5) is 8.96. The van der Waals surface area contributed by atoms with Crippen LogP contribution in [0.1, 0.15) is 0 Å². The molecule has 0 radical (unpaired) electrons. The molecule has 4 heterocycles. The zero-order valence-corrected chi connectivity index (χ0v) is 23.1. The van der Waals surface area contributed by atoms with Crippen LogP contribution in [0.3, 0.4) is 0 Å². The van der Waals surface area contributed by atoms with E-state index in [1.54, 1.807) is 0 Å². The van der Waals surface area contributed by atoms with Crippen LogP contribution in [0.4, 0.5) is 0 Å². The first-order chi connectivity index (χ1) is 21.3. The van der Waals surface area contributed by atoms with Crippen molar-refractivity contribution in [3.8, 4) is 16.8 Å². The van der Waals surface area contributed by atoms with E-state index in [-0.39, 0.29) is 0 Å². The summed E-state index contributed by atoms with van der Waals surface area (Å²) in [6.45, 7) is 0. The third-order valence-electron chi connectivity index (χ3n) is 9.03. The van der Waals surface area contributed by atoms with Crippen LogP contribution >= 0.6 is 0 Å². The highest BCUT2D eigenvalue weighted by atomic mass is 15.1. The third-order valence-corrected chi connectivity index (χ3v) is 9.03. The van der Waals surface area contributed by atoms with Gasteiger partial charge in [-0.3, -0.25) is 4.40 Å².